The second-order valence-electron chi connectivity index (χ2n) is 6.15. The summed E-state index contributed by atoms with van der Waals surface area (Å²) in [7, 11) is 2.01. The zero-order valence-electron chi connectivity index (χ0n) is 13.2. The number of benzene rings is 1. The molecule has 1 aromatic carbocycles. The SMILES string of the molecule is CNCC(C)c1ccc(CN2CC(C)OC(C)C2)cc1. The molecular formula is C17H28N2O. The first-order valence-corrected chi connectivity index (χ1v) is 7.69. The number of morpholine rings is 1. The van der Waals surface area contributed by atoms with Crippen molar-refractivity contribution in [2.24, 2.45) is 0 Å². The summed E-state index contributed by atoms with van der Waals surface area (Å²) in [4.78, 5) is 2.49. The van der Waals surface area contributed by atoms with Gasteiger partial charge in [-0.3, -0.25) is 4.90 Å². The van der Waals surface area contributed by atoms with Gasteiger partial charge in [0.25, 0.3) is 0 Å². The molecule has 0 spiro atoms. The maximum absolute atomic E-state index is 5.78. The van der Waals surface area contributed by atoms with Crippen LogP contribution in [0.5, 0.6) is 0 Å². The summed E-state index contributed by atoms with van der Waals surface area (Å²) < 4.78 is 5.78. The van der Waals surface area contributed by atoms with Gasteiger partial charge in [-0.05, 0) is 37.9 Å². The van der Waals surface area contributed by atoms with Gasteiger partial charge in [-0.15, -0.1) is 0 Å². The Morgan fingerprint density at radius 1 is 1.20 bits per heavy atom. The highest BCUT2D eigenvalue weighted by atomic mass is 16.5. The van der Waals surface area contributed by atoms with Crippen LogP contribution in [0.4, 0.5) is 0 Å². The number of likely N-dealkylation sites (N-methyl/N-ethyl adjacent to an activating group) is 1. The number of hydrogen-bond donors (Lipinski definition) is 1. The maximum Gasteiger partial charge on any atom is 0.0678 e. The smallest absolute Gasteiger partial charge is 0.0678 e. The van der Waals surface area contributed by atoms with E-state index in [9.17, 15) is 0 Å². The second kappa shape index (κ2) is 7.21. The van der Waals surface area contributed by atoms with Crippen LogP contribution in [0, 0.1) is 0 Å². The van der Waals surface area contributed by atoms with Crippen molar-refractivity contribution in [3.8, 4) is 0 Å². The highest BCUT2D eigenvalue weighted by molar-refractivity contribution is 5.25. The van der Waals surface area contributed by atoms with Crippen molar-refractivity contribution in [2.75, 3.05) is 26.7 Å². The topological polar surface area (TPSA) is 24.5 Å². The van der Waals surface area contributed by atoms with Crippen LogP contribution in [0.2, 0.25) is 0 Å². The first-order chi connectivity index (χ1) is 9.58. The van der Waals surface area contributed by atoms with Crippen LogP contribution in [0.1, 0.15) is 37.8 Å². The molecule has 1 aliphatic heterocycles. The van der Waals surface area contributed by atoms with Gasteiger partial charge in [-0.25, -0.2) is 0 Å². The normalized spacial score (nSPS) is 25.6. The van der Waals surface area contributed by atoms with Crippen LogP contribution >= 0.6 is 0 Å². The van der Waals surface area contributed by atoms with E-state index in [-0.39, 0.29) is 0 Å². The molecule has 0 aromatic heterocycles. The van der Waals surface area contributed by atoms with Gasteiger partial charge < -0.3 is 10.1 Å². The molecule has 1 fully saturated rings. The molecule has 0 aliphatic carbocycles. The quantitative estimate of drug-likeness (QED) is 0.895. The Morgan fingerprint density at radius 2 is 1.80 bits per heavy atom. The summed E-state index contributed by atoms with van der Waals surface area (Å²) in [5, 5.41) is 3.23. The molecule has 1 heterocycles. The fraction of sp³-hybridized carbons (Fsp3) is 0.647. The zero-order chi connectivity index (χ0) is 14.5. The Labute approximate surface area is 123 Å². The van der Waals surface area contributed by atoms with Gasteiger partial charge in [0.2, 0.25) is 0 Å². The average molecular weight is 276 g/mol. The van der Waals surface area contributed by atoms with Gasteiger partial charge in [0, 0.05) is 26.2 Å². The highest BCUT2D eigenvalue weighted by Crippen LogP contribution is 2.18. The molecule has 1 aromatic rings. The first-order valence-electron chi connectivity index (χ1n) is 7.69. The third-order valence-corrected chi connectivity index (χ3v) is 3.96. The second-order valence-corrected chi connectivity index (χ2v) is 6.15. The Hall–Kier alpha value is -0.900. The van der Waals surface area contributed by atoms with Crippen molar-refractivity contribution in [3.63, 3.8) is 0 Å². The zero-order valence-corrected chi connectivity index (χ0v) is 13.2. The molecule has 2 rings (SSSR count). The lowest BCUT2D eigenvalue weighted by Gasteiger charge is -2.35. The fourth-order valence-electron chi connectivity index (χ4n) is 3.05. The first kappa shape index (κ1) is 15.5. The fourth-order valence-corrected chi connectivity index (χ4v) is 3.05. The van der Waals surface area contributed by atoms with Crippen molar-refractivity contribution in [2.45, 2.75) is 45.4 Å². The number of hydrogen-bond acceptors (Lipinski definition) is 3. The molecule has 1 N–H and O–H groups in total. The molecule has 0 saturated carbocycles. The van der Waals surface area contributed by atoms with E-state index in [1.165, 1.54) is 11.1 Å². The summed E-state index contributed by atoms with van der Waals surface area (Å²) in [5.41, 5.74) is 2.80. The third-order valence-electron chi connectivity index (χ3n) is 3.96. The monoisotopic (exact) mass is 276 g/mol. The number of rotatable bonds is 5. The molecule has 3 atom stereocenters. The van der Waals surface area contributed by atoms with Crippen LogP contribution < -0.4 is 5.32 Å². The maximum atomic E-state index is 5.78. The van der Waals surface area contributed by atoms with Crippen molar-refractivity contribution < 1.29 is 4.74 Å². The van der Waals surface area contributed by atoms with Crippen LogP contribution in [-0.4, -0.2) is 43.8 Å². The predicted molar refractivity (Wildman–Crippen MR) is 84.1 cm³/mol. The lowest BCUT2D eigenvalue weighted by molar-refractivity contribution is -0.0704. The van der Waals surface area contributed by atoms with Gasteiger partial charge in [0.05, 0.1) is 12.2 Å². The van der Waals surface area contributed by atoms with E-state index in [4.69, 9.17) is 4.74 Å². The van der Waals surface area contributed by atoms with Crippen molar-refractivity contribution >= 4 is 0 Å². The molecular weight excluding hydrogens is 248 g/mol. The van der Waals surface area contributed by atoms with Gasteiger partial charge in [-0.2, -0.15) is 0 Å². The molecule has 112 valence electrons. The highest BCUT2D eigenvalue weighted by Gasteiger charge is 2.21. The standard InChI is InChI=1S/C17H28N2O/c1-13(9-18-4)17-7-5-16(6-8-17)12-19-10-14(2)20-15(3)11-19/h5-8,13-15,18H,9-12H2,1-4H3. The van der Waals surface area contributed by atoms with Crippen molar-refractivity contribution in [3.05, 3.63) is 35.4 Å². The summed E-state index contributed by atoms with van der Waals surface area (Å²) in [5.74, 6) is 0.567. The van der Waals surface area contributed by atoms with Gasteiger partial charge in [-0.1, -0.05) is 31.2 Å². The Kier molecular flexibility index (Phi) is 5.58. The largest absolute Gasteiger partial charge is 0.373 e. The van der Waals surface area contributed by atoms with Crippen LogP contribution in [0.25, 0.3) is 0 Å². The van der Waals surface area contributed by atoms with Gasteiger partial charge in [0.1, 0.15) is 0 Å². The van der Waals surface area contributed by atoms with E-state index in [2.05, 4.69) is 55.3 Å². The van der Waals surface area contributed by atoms with Crippen LogP contribution in [-0.2, 0) is 11.3 Å². The number of ether oxygens (including phenoxy) is 1. The van der Waals surface area contributed by atoms with Crippen molar-refractivity contribution in [1.82, 2.24) is 10.2 Å². The number of nitrogens with one attached hydrogen (secondary N) is 1. The summed E-state index contributed by atoms with van der Waals surface area (Å²) in [6, 6.07) is 9.08. The van der Waals surface area contributed by atoms with Crippen molar-refractivity contribution in [1.29, 1.82) is 0 Å². The summed E-state index contributed by atoms with van der Waals surface area (Å²) in [6.45, 7) is 10.7. The molecule has 0 amide bonds. The lowest BCUT2D eigenvalue weighted by atomic mass is 9.99. The van der Waals surface area contributed by atoms with Crippen LogP contribution in [0.3, 0.4) is 0 Å². The van der Waals surface area contributed by atoms with E-state index >= 15 is 0 Å². The van der Waals surface area contributed by atoms with E-state index in [0.717, 1.165) is 26.2 Å². The minimum absolute atomic E-state index is 0.341. The molecule has 1 aliphatic rings. The van der Waals surface area contributed by atoms with E-state index in [1.807, 2.05) is 7.05 Å². The van der Waals surface area contributed by atoms with E-state index in [0.29, 0.717) is 18.1 Å². The Balaban J connectivity index is 1.93. The number of nitrogens with zero attached hydrogens (tertiary/aromatic N) is 1. The molecule has 20 heavy (non-hydrogen) atoms. The van der Waals surface area contributed by atoms with Gasteiger partial charge in [0.15, 0.2) is 0 Å². The van der Waals surface area contributed by atoms with Crippen LogP contribution in [0.15, 0.2) is 24.3 Å². The average Bonchev–Trinajstić information content (AvgIpc) is 2.38. The predicted octanol–water partition coefficient (Wildman–Crippen LogP) is 2.62. The molecule has 3 heteroatoms. The lowest BCUT2D eigenvalue weighted by Crippen LogP contribution is -2.44. The Bertz CT molecular complexity index is 394. The summed E-state index contributed by atoms with van der Waals surface area (Å²) >= 11 is 0. The molecule has 0 bridgehead atoms. The molecule has 0 radical (unpaired) electrons. The Morgan fingerprint density at radius 3 is 2.35 bits per heavy atom. The molecule has 3 unspecified atom stereocenters. The third kappa shape index (κ3) is 4.30. The molecule has 3 nitrogen and oxygen atoms in total. The van der Waals surface area contributed by atoms with E-state index in [1.54, 1.807) is 0 Å². The summed E-state index contributed by atoms with van der Waals surface area (Å²) in [6.07, 6.45) is 0.683. The van der Waals surface area contributed by atoms with Gasteiger partial charge >= 0.3 is 0 Å². The minimum atomic E-state index is 0.341. The van der Waals surface area contributed by atoms with E-state index < -0.39 is 0 Å². The minimum Gasteiger partial charge on any atom is -0.373 e. The molecule has 1 saturated heterocycles.